The minimum absolute atomic E-state index is 0.0406. The summed E-state index contributed by atoms with van der Waals surface area (Å²) in [6.45, 7) is 4.93. The molecule has 1 aliphatic rings. The lowest BCUT2D eigenvalue weighted by atomic mass is 9.98. The highest BCUT2D eigenvalue weighted by Gasteiger charge is 2.21. The first-order valence-electron chi connectivity index (χ1n) is 8.53. The third-order valence-electron chi connectivity index (χ3n) is 4.49. The number of ether oxygens (including phenoxy) is 3. The fraction of sp³-hybridized carbons (Fsp3) is 0.350. The SMILES string of the molecule is COc1ccc(C(C)NC(=O)C(C)c2ccc3c(c2)OCCO3)cc1Br. The van der Waals surface area contributed by atoms with Crippen molar-refractivity contribution in [1.29, 1.82) is 0 Å². The van der Waals surface area contributed by atoms with E-state index in [1.165, 1.54) is 0 Å². The number of nitrogens with one attached hydrogen (secondary N) is 1. The molecule has 1 heterocycles. The van der Waals surface area contributed by atoms with Crippen LogP contribution in [0.25, 0.3) is 0 Å². The summed E-state index contributed by atoms with van der Waals surface area (Å²) in [4.78, 5) is 12.7. The second-order valence-electron chi connectivity index (χ2n) is 6.25. The molecular weight excluding hydrogens is 398 g/mol. The summed E-state index contributed by atoms with van der Waals surface area (Å²) in [5, 5.41) is 3.07. The second kappa shape index (κ2) is 7.99. The first kappa shape index (κ1) is 18.6. The van der Waals surface area contributed by atoms with Crippen LogP contribution in [0.4, 0.5) is 0 Å². The van der Waals surface area contributed by atoms with Crippen LogP contribution >= 0.6 is 15.9 Å². The van der Waals surface area contributed by atoms with E-state index in [9.17, 15) is 4.79 Å². The van der Waals surface area contributed by atoms with Crippen molar-refractivity contribution in [1.82, 2.24) is 5.32 Å². The molecular formula is C20H22BrNO4. The molecule has 2 atom stereocenters. The van der Waals surface area contributed by atoms with Gasteiger partial charge in [-0.15, -0.1) is 0 Å². The number of hydrogen-bond donors (Lipinski definition) is 1. The number of carbonyl (C=O) groups excluding carboxylic acids is 1. The van der Waals surface area contributed by atoms with Gasteiger partial charge in [-0.1, -0.05) is 12.1 Å². The molecule has 0 saturated heterocycles. The predicted molar refractivity (Wildman–Crippen MR) is 103 cm³/mol. The van der Waals surface area contributed by atoms with E-state index in [0.29, 0.717) is 19.0 Å². The van der Waals surface area contributed by atoms with Gasteiger partial charge in [0.15, 0.2) is 11.5 Å². The molecule has 2 aromatic carbocycles. The van der Waals surface area contributed by atoms with Crippen molar-refractivity contribution >= 4 is 21.8 Å². The van der Waals surface area contributed by atoms with E-state index in [4.69, 9.17) is 14.2 Å². The third kappa shape index (κ3) is 3.96. The van der Waals surface area contributed by atoms with Gasteiger partial charge >= 0.3 is 0 Å². The molecule has 26 heavy (non-hydrogen) atoms. The van der Waals surface area contributed by atoms with E-state index in [1.54, 1.807) is 7.11 Å². The monoisotopic (exact) mass is 419 g/mol. The van der Waals surface area contributed by atoms with E-state index < -0.39 is 0 Å². The molecule has 0 aromatic heterocycles. The third-order valence-corrected chi connectivity index (χ3v) is 5.11. The van der Waals surface area contributed by atoms with E-state index in [2.05, 4.69) is 21.2 Å². The Morgan fingerprint density at radius 3 is 2.46 bits per heavy atom. The molecule has 1 amide bonds. The summed E-state index contributed by atoms with van der Waals surface area (Å²) in [6, 6.07) is 11.3. The lowest BCUT2D eigenvalue weighted by molar-refractivity contribution is -0.122. The average Bonchev–Trinajstić information content (AvgIpc) is 2.66. The van der Waals surface area contributed by atoms with Crippen molar-refractivity contribution in [3.05, 3.63) is 52.0 Å². The van der Waals surface area contributed by atoms with Crippen LogP contribution in [0.1, 0.15) is 36.9 Å². The van der Waals surface area contributed by atoms with Gasteiger partial charge in [0.05, 0.1) is 23.5 Å². The van der Waals surface area contributed by atoms with Crippen LogP contribution in [-0.2, 0) is 4.79 Å². The van der Waals surface area contributed by atoms with Gasteiger partial charge in [0, 0.05) is 0 Å². The lowest BCUT2D eigenvalue weighted by Crippen LogP contribution is -2.30. The van der Waals surface area contributed by atoms with Crippen molar-refractivity contribution in [3.63, 3.8) is 0 Å². The molecule has 5 nitrogen and oxygen atoms in total. The van der Waals surface area contributed by atoms with Crippen LogP contribution in [0.15, 0.2) is 40.9 Å². The molecule has 3 rings (SSSR count). The number of benzene rings is 2. The van der Waals surface area contributed by atoms with Crippen molar-refractivity contribution in [2.75, 3.05) is 20.3 Å². The fourth-order valence-corrected chi connectivity index (χ4v) is 3.41. The minimum Gasteiger partial charge on any atom is -0.496 e. The second-order valence-corrected chi connectivity index (χ2v) is 7.10. The van der Waals surface area contributed by atoms with Gasteiger partial charge in [-0.25, -0.2) is 0 Å². The predicted octanol–water partition coefficient (Wildman–Crippen LogP) is 4.21. The van der Waals surface area contributed by atoms with Crippen LogP contribution in [0.2, 0.25) is 0 Å². The normalized spacial score (nSPS) is 15.1. The Morgan fingerprint density at radius 2 is 1.77 bits per heavy atom. The highest BCUT2D eigenvalue weighted by atomic mass is 79.9. The molecule has 0 aliphatic carbocycles. The summed E-state index contributed by atoms with van der Waals surface area (Å²) in [7, 11) is 1.62. The maximum atomic E-state index is 12.7. The Bertz CT molecular complexity index is 808. The first-order valence-corrected chi connectivity index (χ1v) is 9.32. The van der Waals surface area contributed by atoms with Gasteiger partial charge in [0.2, 0.25) is 5.91 Å². The topological polar surface area (TPSA) is 56.8 Å². The zero-order valence-corrected chi connectivity index (χ0v) is 16.6. The number of hydrogen-bond acceptors (Lipinski definition) is 4. The highest BCUT2D eigenvalue weighted by Crippen LogP contribution is 2.33. The quantitative estimate of drug-likeness (QED) is 0.788. The standard InChI is InChI=1S/C20H22BrNO4/c1-12(14-4-7-18-19(11-14)26-9-8-25-18)20(23)22-13(2)15-5-6-17(24-3)16(21)10-15/h4-7,10-13H,8-9H2,1-3H3,(H,22,23). The maximum absolute atomic E-state index is 12.7. The Kier molecular flexibility index (Phi) is 5.71. The smallest absolute Gasteiger partial charge is 0.227 e. The summed E-state index contributed by atoms with van der Waals surface area (Å²) in [5.41, 5.74) is 1.90. The van der Waals surface area contributed by atoms with Gasteiger partial charge in [0.25, 0.3) is 0 Å². The Labute approximate surface area is 161 Å². The van der Waals surface area contributed by atoms with Crippen LogP contribution in [-0.4, -0.2) is 26.2 Å². The average molecular weight is 420 g/mol. The van der Waals surface area contributed by atoms with Gasteiger partial charge in [-0.05, 0) is 65.2 Å². The molecule has 138 valence electrons. The highest BCUT2D eigenvalue weighted by molar-refractivity contribution is 9.10. The number of carbonyl (C=O) groups is 1. The summed E-state index contributed by atoms with van der Waals surface area (Å²) in [6.07, 6.45) is 0. The largest absolute Gasteiger partial charge is 0.496 e. The molecule has 0 fully saturated rings. The van der Waals surface area contributed by atoms with Crippen molar-refractivity contribution in [3.8, 4) is 17.2 Å². The molecule has 0 saturated carbocycles. The maximum Gasteiger partial charge on any atom is 0.227 e. The van der Waals surface area contributed by atoms with E-state index >= 15 is 0 Å². The molecule has 0 radical (unpaired) electrons. The van der Waals surface area contributed by atoms with Gasteiger partial charge in [-0.2, -0.15) is 0 Å². The molecule has 0 bridgehead atoms. The molecule has 2 unspecified atom stereocenters. The van der Waals surface area contributed by atoms with Crippen molar-refractivity contribution in [2.24, 2.45) is 0 Å². The molecule has 1 N–H and O–H groups in total. The van der Waals surface area contributed by atoms with Crippen LogP contribution in [0, 0.1) is 0 Å². The molecule has 2 aromatic rings. The van der Waals surface area contributed by atoms with Gasteiger partial charge in [-0.3, -0.25) is 4.79 Å². The molecule has 6 heteroatoms. The zero-order valence-electron chi connectivity index (χ0n) is 15.0. The van der Waals surface area contributed by atoms with E-state index in [1.807, 2.05) is 50.2 Å². The Balaban J connectivity index is 1.69. The number of halogens is 1. The number of fused-ring (bicyclic) bond motifs is 1. The van der Waals surface area contributed by atoms with E-state index in [0.717, 1.165) is 27.1 Å². The van der Waals surface area contributed by atoms with Gasteiger partial charge < -0.3 is 19.5 Å². The van der Waals surface area contributed by atoms with Crippen LogP contribution in [0.3, 0.4) is 0 Å². The van der Waals surface area contributed by atoms with Crippen LogP contribution in [0.5, 0.6) is 17.2 Å². The summed E-state index contributed by atoms with van der Waals surface area (Å²) >= 11 is 3.48. The number of rotatable bonds is 5. The Hall–Kier alpha value is -2.21. The number of amides is 1. The fourth-order valence-electron chi connectivity index (χ4n) is 2.85. The number of methoxy groups -OCH3 is 1. The van der Waals surface area contributed by atoms with Gasteiger partial charge in [0.1, 0.15) is 19.0 Å². The lowest BCUT2D eigenvalue weighted by Gasteiger charge is -2.22. The van der Waals surface area contributed by atoms with Crippen molar-refractivity contribution < 1.29 is 19.0 Å². The first-order chi connectivity index (χ1) is 12.5. The Morgan fingerprint density at radius 1 is 1.08 bits per heavy atom. The van der Waals surface area contributed by atoms with E-state index in [-0.39, 0.29) is 17.9 Å². The van der Waals surface area contributed by atoms with Crippen LogP contribution < -0.4 is 19.5 Å². The summed E-state index contributed by atoms with van der Waals surface area (Å²) < 4.78 is 17.2. The van der Waals surface area contributed by atoms with Crippen molar-refractivity contribution in [2.45, 2.75) is 25.8 Å². The zero-order chi connectivity index (χ0) is 18.7. The minimum atomic E-state index is -0.296. The molecule has 1 aliphatic heterocycles. The summed E-state index contributed by atoms with van der Waals surface area (Å²) in [5.74, 6) is 1.84. The molecule has 0 spiro atoms.